The van der Waals surface area contributed by atoms with Gasteiger partial charge in [0.05, 0.1) is 11.0 Å². The molecule has 0 atom stereocenters. The van der Waals surface area contributed by atoms with Crippen LogP contribution in [-0.2, 0) is 0 Å². The molecule has 0 unspecified atom stereocenters. The molecule has 0 aliphatic carbocycles. The highest BCUT2D eigenvalue weighted by Gasteiger charge is 2.57. The molecule has 1 aromatic rings. The molecular weight excluding hydrogens is 336 g/mol. The average Bonchev–Trinajstić information content (AvgIpc) is 2.18. The number of aromatic nitrogens is 2. The van der Waals surface area contributed by atoms with Gasteiger partial charge in [-0.2, -0.15) is 26.9 Å². The van der Waals surface area contributed by atoms with Crippen LogP contribution >= 0.6 is 27.5 Å². The Morgan fingerprint density at radius 2 is 1.88 bits per heavy atom. The van der Waals surface area contributed by atoms with Gasteiger partial charge in [0, 0.05) is 6.20 Å². The van der Waals surface area contributed by atoms with Crippen molar-refractivity contribution in [1.29, 1.82) is 0 Å². The summed E-state index contributed by atoms with van der Waals surface area (Å²) in [5, 5.41) is 1.58. The van der Waals surface area contributed by atoms with Crippen LogP contribution in [0.4, 0.5) is 27.8 Å². The van der Waals surface area contributed by atoms with Gasteiger partial charge in [0.25, 0.3) is 0 Å². The molecule has 0 aromatic carbocycles. The summed E-state index contributed by atoms with van der Waals surface area (Å²) in [5.74, 6) is -5.10. The number of hydrogen-bond acceptors (Lipinski definition) is 3. The molecule has 0 fully saturated rings. The number of hydrogen-bond donors (Lipinski definition) is 1. The minimum Gasteiger partial charge on any atom is -0.363 e. The first-order chi connectivity index (χ1) is 7.63. The van der Waals surface area contributed by atoms with E-state index in [1.807, 2.05) is 5.32 Å². The fourth-order valence-electron chi connectivity index (χ4n) is 0.765. The van der Waals surface area contributed by atoms with Crippen LogP contribution in [0.15, 0.2) is 10.7 Å². The molecule has 17 heavy (non-hydrogen) atoms. The molecule has 1 heterocycles. The van der Waals surface area contributed by atoms with Crippen molar-refractivity contribution in [1.82, 2.24) is 9.97 Å². The maximum atomic E-state index is 12.6. The van der Waals surface area contributed by atoms with E-state index in [1.165, 1.54) is 0 Å². The van der Waals surface area contributed by atoms with Crippen molar-refractivity contribution in [3.8, 4) is 0 Å². The highest BCUT2D eigenvalue weighted by Crippen LogP contribution is 2.35. The largest absolute Gasteiger partial charge is 0.455 e. The third-order valence-corrected chi connectivity index (χ3v) is 2.37. The lowest BCUT2D eigenvalue weighted by atomic mass is 10.3. The second-order valence-corrected chi connectivity index (χ2v) is 4.08. The molecule has 0 amide bonds. The van der Waals surface area contributed by atoms with Gasteiger partial charge in [0.1, 0.15) is 5.82 Å². The zero-order chi connectivity index (χ0) is 13.3. The summed E-state index contributed by atoms with van der Waals surface area (Å²) in [5.41, 5.74) is 0. The summed E-state index contributed by atoms with van der Waals surface area (Å²) in [6, 6.07) is 0. The van der Waals surface area contributed by atoms with E-state index in [4.69, 9.17) is 11.6 Å². The fraction of sp³-hybridized carbons (Fsp3) is 0.429. The van der Waals surface area contributed by atoms with Crippen LogP contribution in [0, 0.1) is 0 Å². The molecule has 0 spiro atoms. The van der Waals surface area contributed by atoms with E-state index < -0.39 is 18.6 Å². The first-order valence-corrected chi connectivity index (χ1v) is 5.17. The van der Waals surface area contributed by atoms with E-state index >= 15 is 0 Å². The van der Waals surface area contributed by atoms with Gasteiger partial charge in [-0.3, -0.25) is 0 Å². The summed E-state index contributed by atoms with van der Waals surface area (Å²) >= 11 is 8.24. The molecule has 0 aliphatic rings. The number of anilines is 1. The molecule has 1 rings (SSSR count). The molecule has 0 bridgehead atoms. The second-order valence-electron chi connectivity index (χ2n) is 2.89. The number of halogens is 7. The Hall–Kier alpha value is -0.700. The van der Waals surface area contributed by atoms with Crippen LogP contribution in [0.2, 0.25) is 5.28 Å². The van der Waals surface area contributed by atoms with E-state index in [2.05, 4.69) is 25.9 Å². The molecule has 10 heteroatoms. The maximum Gasteiger partial charge on any atom is 0.455 e. The normalized spacial score (nSPS) is 12.6. The standard InChI is InChI=1S/C7H4BrClF5N3/c8-3-1-15-5(9)17-4(3)16-2-6(10,11)7(12,13)14/h1H,2H2,(H,15,16,17). The van der Waals surface area contributed by atoms with Gasteiger partial charge in [-0.05, 0) is 27.5 Å². The summed E-state index contributed by atoms with van der Waals surface area (Å²) in [6.45, 7) is -1.64. The van der Waals surface area contributed by atoms with E-state index in [-0.39, 0.29) is 15.6 Å². The SMILES string of the molecule is FC(F)(F)C(F)(F)CNc1nc(Cl)ncc1Br. The number of nitrogens with one attached hydrogen (secondary N) is 1. The van der Waals surface area contributed by atoms with Crippen LogP contribution < -0.4 is 5.32 Å². The van der Waals surface area contributed by atoms with Crippen LogP contribution in [0.1, 0.15) is 0 Å². The van der Waals surface area contributed by atoms with Crippen LogP contribution in [0.5, 0.6) is 0 Å². The molecule has 1 N–H and O–H groups in total. The highest BCUT2D eigenvalue weighted by atomic mass is 79.9. The van der Waals surface area contributed by atoms with E-state index in [9.17, 15) is 22.0 Å². The van der Waals surface area contributed by atoms with Gasteiger partial charge in [-0.15, -0.1) is 0 Å². The molecule has 0 saturated heterocycles. The van der Waals surface area contributed by atoms with Gasteiger partial charge in [-0.25, -0.2) is 4.98 Å². The Labute approximate surface area is 106 Å². The summed E-state index contributed by atoms with van der Waals surface area (Å²) in [4.78, 5) is 6.94. The smallest absolute Gasteiger partial charge is 0.363 e. The van der Waals surface area contributed by atoms with Gasteiger partial charge in [0.2, 0.25) is 5.28 Å². The fourth-order valence-corrected chi connectivity index (χ4v) is 1.23. The zero-order valence-corrected chi connectivity index (χ0v) is 10.2. The van der Waals surface area contributed by atoms with E-state index in [1.54, 1.807) is 0 Å². The predicted molar refractivity (Wildman–Crippen MR) is 54.2 cm³/mol. The van der Waals surface area contributed by atoms with Crippen molar-refractivity contribution in [3.05, 3.63) is 16.0 Å². The maximum absolute atomic E-state index is 12.6. The van der Waals surface area contributed by atoms with Gasteiger partial charge in [0.15, 0.2) is 0 Å². The lowest BCUT2D eigenvalue weighted by Gasteiger charge is -2.20. The van der Waals surface area contributed by atoms with Crippen molar-refractivity contribution >= 4 is 33.3 Å². The lowest BCUT2D eigenvalue weighted by molar-refractivity contribution is -0.275. The van der Waals surface area contributed by atoms with Gasteiger partial charge in [-0.1, -0.05) is 0 Å². The Morgan fingerprint density at radius 3 is 2.41 bits per heavy atom. The second kappa shape index (κ2) is 4.89. The minimum absolute atomic E-state index is 0.125. The Bertz CT molecular complexity index is 411. The van der Waals surface area contributed by atoms with Gasteiger partial charge < -0.3 is 5.32 Å². The molecule has 3 nitrogen and oxygen atoms in total. The highest BCUT2D eigenvalue weighted by molar-refractivity contribution is 9.10. The Balaban J connectivity index is 2.77. The lowest BCUT2D eigenvalue weighted by Crippen LogP contribution is -2.42. The monoisotopic (exact) mass is 339 g/mol. The molecule has 0 radical (unpaired) electrons. The van der Waals surface area contributed by atoms with Crippen molar-refractivity contribution in [2.45, 2.75) is 12.1 Å². The minimum atomic E-state index is -5.62. The Kier molecular flexibility index (Phi) is 4.13. The van der Waals surface area contributed by atoms with Crippen molar-refractivity contribution in [2.24, 2.45) is 0 Å². The molecule has 0 saturated carbocycles. The molecular formula is C7H4BrClF5N3. The first kappa shape index (κ1) is 14.4. The molecule has 96 valence electrons. The van der Waals surface area contributed by atoms with Crippen LogP contribution in [-0.4, -0.2) is 28.6 Å². The van der Waals surface area contributed by atoms with Crippen molar-refractivity contribution in [3.63, 3.8) is 0 Å². The van der Waals surface area contributed by atoms with Crippen molar-refractivity contribution in [2.75, 3.05) is 11.9 Å². The summed E-state index contributed by atoms with van der Waals surface area (Å²) < 4.78 is 60.8. The topological polar surface area (TPSA) is 37.8 Å². The molecule has 0 aliphatic heterocycles. The first-order valence-electron chi connectivity index (χ1n) is 4.00. The van der Waals surface area contributed by atoms with Crippen LogP contribution in [0.3, 0.4) is 0 Å². The number of alkyl halides is 5. The third-order valence-electron chi connectivity index (χ3n) is 1.61. The quantitative estimate of drug-likeness (QED) is 0.676. The predicted octanol–water partition coefficient (Wildman–Crippen LogP) is 3.50. The third kappa shape index (κ3) is 3.63. The average molecular weight is 340 g/mol. The van der Waals surface area contributed by atoms with E-state index in [0.29, 0.717) is 0 Å². The summed E-state index contributed by atoms with van der Waals surface area (Å²) in [6.07, 6.45) is -4.49. The molecule has 1 aromatic heterocycles. The number of nitrogens with zero attached hydrogens (tertiary/aromatic N) is 2. The van der Waals surface area contributed by atoms with Crippen LogP contribution in [0.25, 0.3) is 0 Å². The zero-order valence-electron chi connectivity index (χ0n) is 7.82. The van der Waals surface area contributed by atoms with Crippen molar-refractivity contribution < 1.29 is 22.0 Å². The summed E-state index contributed by atoms with van der Waals surface area (Å²) in [7, 11) is 0. The van der Waals surface area contributed by atoms with E-state index in [0.717, 1.165) is 6.20 Å². The Morgan fingerprint density at radius 1 is 1.29 bits per heavy atom. The number of rotatable bonds is 3. The van der Waals surface area contributed by atoms with Gasteiger partial charge >= 0.3 is 12.1 Å².